The van der Waals surface area contributed by atoms with Crippen LogP contribution in [0, 0.1) is 6.92 Å². The van der Waals surface area contributed by atoms with Crippen molar-refractivity contribution in [2.45, 2.75) is 13.5 Å². The van der Waals surface area contributed by atoms with E-state index in [2.05, 4.69) is 14.3 Å². The van der Waals surface area contributed by atoms with Crippen molar-refractivity contribution in [3.63, 3.8) is 0 Å². The Kier molecular flexibility index (Phi) is 2.97. The molecule has 1 heterocycles. The van der Waals surface area contributed by atoms with Gasteiger partial charge in [0, 0.05) is 17.5 Å². The summed E-state index contributed by atoms with van der Waals surface area (Å²) in [4.78, 5) is 3.96. The smallest absolute Gasteiger partial charge is 0.261 e. The average molecular weight is 202 g/mol. The van der Waals surface area contributed by atoms with Gasteiger partial charge in [-0.15, -0.1) is 0 Å². The van der Waals surface area contributed by atoms with Crippen LogP contribution >= 0.6 is 0 Å². The van der Waals surface area contributed by atoms with Crippen LogP contribution in [-0.4, -0.2) is 13.4 Å². The minimum Gasteiger partial charge on any atom is -0.261 e. The maximum Gasteiger partial charge on any atom is 0.333 e. The number of pyridine rings is 1. The van der Waals surface area contributed by atoms with Gasteiger partial charge in [-0.05, 0) is 13.0 Å². The molecule has 0 radical (unpaired) electrons. The first-order valence-electron chi connectivity index (χ1n) is 3.57. The monoisotopic (exact) mass is 202 g/mol. The van der Waals surface area contributed by atoms with E-state index in [4.69, 9.17) is 0 Å². The quantitative estimate of drug-likeness (QED) is 0.754. The molecule has 0 atom stereocenters. The molecule has 72 valence electrons. The molecule has 0 aromatic carbocycles. The van der Waals surface area contributed by atoms with Crippen LogP contribution in [0.4, 0.5) is 0 Å². The zero-order chi connectivity index (χ0) is 9.90. The van der Waals surface area contributed by atoms with E-state index in [1.165, 1.54) is 0 Å². The van der Waals surface area contributed by atoms with E-state index in [0.29, 0.717) is 5.56 Å². The Balaban J connectivity index is 2.71. The zero-order valence-electron chi connectivity index (χ0n) is 7.10. The third kappa shape index (κ3) is 3.49. The Bertz CT molecular complexity index is 388. The summed E-state index contributed by atoms with van der Waals surface area (Å²) < 4.78 is 25.3. The number of rotatable bonds is 3. The lowest BCUT2D eigenvalue weighted by Gasteiger charge is -2.03. The largest absolute Gasteiger partial charge is 0.333 e. The number of nitrogens with two attached hydrogens (primary N) is 1. The lowest BCUT2D eigenvalue weighted by molar-refractivity contribution is 0.307. The fraction of sp³-hybridized carbons (Fsp3) is 0.286. The first-order chi connectivity index (χ1) is 5.99. The molecule has 1 aromatic rings. The molecule has 5 nitrogen and oxygen atoms in total. The summed E-state index contributed by atoms with van der Waals surface area (Å²) in [7, 11) is -3.87. The first-order valence-corrected chi connectivity index (χ1v) is 5.04. The van der Waals surface area contributed by atoms with Gasteiger partial charge in [-0.1, -0.05) is 6.07 Å². The normalized spacial score (nSPS) is 11.5. The lowest BCUT2D eigenvalue weighted by Crippen LogP contribution is -2.15. The van der Waals surface area contributed by atoms with E-state index >= 15 is 0 Å². The van der Waals surface area contributed by atoms with Crippen molar-refractivity contribution in [1.29, 1.82) is 0 Å². The van der Waals surface area contributed by atoms with Crippen molar-refractivity contribution >= 4 is 10.3 Å². The summed E-state index contributed by atoms with van der Waals surface area (Å²) in [5.74, 6) is 0. The fourth-order valence-corrected chi connectivity index (χ4v) is 1.11. The molecule has 0 bridgehead atoms. The summed E-state index contributed by atoms with van der Waals surface area (Å²) in [5, 5.41) is 4.66. The fourth-order valence-electron chi connectivity index (χ4n) is 0.816. The van der Waals surface area contributed by atoms with Gasteiger partial charge < -0.3 is 0 Å². The SMILES string of the molecule is Cc1ncccc1COS(N)(=O)=O. The molecule has 0 aliphatic carbocycles. The van der Waals surface area contributed by atoms with E-state index in [-0.39, 0.29) is 6.61 Å². The van der Waals surface area contributed by atoms with Crippen LogP contribution < -0.4 is 5.14 Å². The molecule has 0 aliphatic rings. The van der Waals surface area contributed by atoms with Gasteiger partial charge in [0.2, 0.25) is 0 Å². The third-order valence-corrected chi connectivity index (χ3v) is 1.94. The highest BCUT2D eigenvalue weighted by Gasteiger charge is 2.04. The number of aryl methyl sites for hydroxylation is 1. The maximum atomic E-state index is 10.5. The molecule has 0 fully saturated rings. The molecular formula is C7H10N2O3S. The summed E-state index contributed by atoms with van der Waals surface area (Å²) in [5.41, 5.74) is 1.43. The van der Waals surface area contributed by atoms with Gasteiger partial charge in [-0.25, -0.2) is 5.14 Å². The van der Waals surface area contributed by atoms with Crippen molar-refractivity contribution in [3.05, 3.63) is 29.6 Å². The molecule has 0 spiro atoms. The summed E-state index contributed by atoms with van der Waals surface area (Å²) >= 11 is 0. The van der Waals surface area contributed by atoms with E-state index in [1.807, 2.05) is 0 Å². The van der Waals surface area contributed by atoms with Crippen molar-refractivity contribution in [2.24, 2.45) is 5.14 Å². The molecule has 0 unspecified atom stereocenters. The second-order valence-corrected chi connectivity index (χ2v) is 3.72. The number of aromatic nitrogens is 1. The number of hydrogen-bond acceptors (Lipinski definition) is 4. The van der Waals surface area contributed by atoms with Crippen LogP contribution in [0.15, 0.2) is 18.3 Å². The van der Waals surface area contributed by atoms with Gasteiger partial charge in [0.15, 0.2) is 0 Å². The predicted molar refractivity (Wildman–Crippen MR) is 46.9 cm³/mol. The van der Waals surface area contributed by atoms with Gasteiger partial charge in [0.1, 0.15) is 0 Å². The molecule has 1 rings (SSSR count). The molecule has 0 saturated heterocycles. The van der Waals surface area contributed by atoms with E-state index in [0.717, 1.165) is 5.69 Å². The first kappa shape index (κ1) is 10.1. The predicted octanol–water partition coefficient (Wildman–Crippen LogP) is 0.110. The van der Waals surface area contributed by atoms with Crippen molar-refractivity contribution < 1.29 is 12.6 Å². The van der Waals surface area contributed by atoms with Gasteiger partial charge in [-0.3, -0.25) is 9.17 Å². The Hall–Kier alpha value is -0.980. The summed E-state index contributed by atoms with van der Waals surface area (Å²) in [6, 6.07) is 3.43. The molecule has 0 saturated carbocycles. The summed E-state index contributed by atoms with van der Waals surface area (Å²) in [6.07, 6.45) is 1.62. The van der Waals surface area contributed by atoms with Crippen LogP contribution in [0.3, 0.4) is 0 Å². The van der Waals surface area contributed by atoms with Crippen molar-refractivity contribution in [1.82, 2.24) is 4.98 Å². The molecule has 0 amide bonds. The Morgan fingerprint density at radius 2 is 2.31 bits per heavy atom. The molecule has 2 N–H and O–H groups in total. The topological polar surface area (TPSA) is 82.3 Å². The lowest BCUT2D eigenvalue weighted by atomic mass is 10.2. The van der Waals surface area contributed by atoms with Crippen LogP contribution in [0.25, 0.3) is 0 Å². The highest BCUT2D eigenvalue weighted by Crippen LogP contribution is 2.05. The van der Waals surface area contributed by atoms with Crippen LogP contribution in [0.5, 0.6) is 0 Å². The minimum absolute atomic E-state index is 0.0709. The second-order valence-electron chi connectivity index (χ2n) is 2.50. The molecule has 1 aromatic heterocycles. The Labute approximate surface area is 76.8 Å². The Morgan fingerprint density at radius 3 is 2.85 bits per heavy atom. The van der Waals surface area contributed by atoms with Gasteiger partial charge in [-0.2, -0.15) is 8.42 Å². The maximum absolute atomic E-state index is 10.5. The van der Waals surface area contributed by atoms with Crippen LogP contribution in [0.1, 0.15) is 11.3 Å². The van der Waals surface area contributed by atoms with E-state index in [9.17, 15) is 8.42 Å². The third-order valence-electron chi connectivity index (χ3n) is 1.50. The van der Waals surface area contributed by atoms with Gasteiger partial charge >= 0.3 is 10.3 Å². The van der Waals surface area contributed by atoms with Crippen LogP contribution in [-0.2, 0) is 21.1 Å². The van der Waals surface area contributed by atoms with E-state index < -0.39 is 10.3 Å². The second kappa shape index (κ2) is 3.82. The highest BCUT2D eigenvalue weighted by atomic mass is 32.2. The van der Waals surface area contributed by atoms with Crippen molar-refractivity contribution in [3.8, 4) is 0 Å². The average Bonchev–Trinajstić information content (AvgIpc) is 2.01. The van der Waals surface area contributed by atoms with Gasteiger partial charge in [0.05, 0.1) is 6.61 Å². The molecule has 13 heavy (non-hydrogen) atoms. The van der Waals surface area contributed by atoms with Gasteiger partial charge in [0.25, 0.3) is 0 Å². The van der Waals surface area contributed by atoms with Crippen molar-refractivity contribution in [2.75, 3.05) is 0 Å². The zero-order valence-corrected chi connectivity index (χ0v) is 7.91. The number of hydrogen-bond donors (Lipinski definition) is 1. The Morgan fingerprint density at radius 1 is 1.62 bits per heavy atom. The standard InChI is InChI=1S/C7H10N2O3S/c1-6-7(3-2-4-9-6)5-12-13(8,10)11/h2-4H,5H2,1H3,(H2,8,10,11). The van der Waals surface area contributed by atoms with Crippen LogP contribution in [0.2, 0.25) is 0 Å². The number of nitrogens with zero attached hydrogens (tertiary/aromatic N) is 1. The minimum atomic E-state index is -3.87. The molecule has 0 aliphatic heterocycles. The highest BCUT2D eigenvalue weighted by molar-refractivity contribution is 7.84. The molecular weight excluding hydrogens is 192 g/mol. The van der Waals surface area contributed by atoms with E-state index in [1.54, 1.807) is 25.3 Å². The molecule has 6 heteroatoms. The summed E-state index contributed by atoms with van der Waals surface area (Å²) in [6.45, 7) is 1.69.